The van der Waals surface area contributed by atoms with E-state index >= 15 is 0 Å². The molecule has 0 bridgehead atoms. The quantitative estimate of drug-likeness (QED) is 0.582. The Morgan fingerprint density at radius 2 is 2.55 bits per heavy atom. The van der Waals surface area contributed by atoms with Gasteiger partial charge >= 0.3 is 0 Å². The molecule has 1 heterocycles. The number of amides is 1. The number of likely N-dealkylation sites (tertiary alicyclic amines) is 1. The maximum Gasteiger partial charge on any atom is 0.225 e. The number of carbonyl (C=O) groups is 1. The number of aliphatic hydroxyl groups excluding tert-OH is 1. The maximum atomic E-state index is 10.9. The van der Waals surface area contributed by atoms with Gasteiger partial charge in [-0.05, 0) is 0 Å². The van der Waals surface area contributed by atoms with Crippen molar-refractivity contribution in [1.29, 1.82) is 5.26 Å². The van der Waals surface area contributed by atoms with Gasteiger partial charge in [-0.15, -0.1) is 0 Å². The molecule has 1 saturated heterocycles. The largest absolute Gasteiger partial charge is 0.391 e. The summed E-state index contributed by atoms with van der Waals surface area (Å²) < 4.78 is 0. The molecular formula is C7H10N2O2. The van der Waals surface area contributed by atoms with Gasteiger partial charge in [0.2, 0.25) is 5.91 Å². The number of β-amino-alcohol motifs (C(OH)–C–C–N with tert-alkyl or cyclic N) is 1. The molecule has 0 aromatic heterocycles. The predicted molar refractivity (Wildman–Crippen MR) is 37.4 cm³/mol. The zero-order valence-electron chi connectivity index (χ0n) is 6.16. The number of hydrogen-bond acceptors (Lipinski definition) is 3. The first-order valence-corrected chi connectivity index (χ1v) is 3.57. The summed E-state index contributed by atoms with van der Waals surface area (Å²) >= 11 is 0. The van der Waals surface area contributed by atoms with Crippen LogP contribution < -0.4 is 0 Å². The van der Waals surface area contributed by atoms with Crippen LogP contribution in [0.2, 0.25) is 0 Å². The summed E-state index contributed by atoms with van der Waals surface area (Å²) in [5, 5.41) is 17.3. The van der Waals surface area contributed by atoms with E-state index in [9.17, 15) is 4.79 Å². The fraction of sp³-hybridized carbons (Fsp3) is 0.714. The smallest absolute Gasteiger partial charge is 0.225 e. The Labute approximate surface area is 65.0 Å². The average Bonchev–Trinajstić information content (AvgIpc) is 2.26. The molecule has 1 aliphatic rings. The van der Waals surface area contributed by atoms with Crippen LogP contribution in [0.1, 0.15) is 12.8 Å². The SMILES string of the molecule is N#CCCN1CC(O)CC1=O. The van der Waals surface area contributed by atoms with E-state index in [1.807, 2.05) is 6.07 Å². The van der Waals surface area contributed by atoms with Crippen LogP contribution in [0.3, 0.4) is 0 Å². The molecule has 1 fully saturated rings. The molecule has 0 aliphatic carbocycles. The minimum absolute atomic E-state index is 0.0484. The van der Waals surface area contributed by atoms with Gasteiger partial charge in [0.25, 0.3) is 0 Å². The molecule has 0 aromatic carbocycles. The van der Waals surface area contributed by atoms with Crippen LogP contribution in [0.4, 0.5) is 0 Å². The van der Waals surface area contributed by atoms with Gasteiger partial charge in [-0.3, -0.25) is 4.79 Å². The Balaban J connectivity index is 2.36. The van der Waals surface area contributed by atoms with Crippen molar-refractivity contribution in [2.75, 3.05) is 13.1 Å². The fourth-order valence-corrected chi connectivity index (χ4v) is 1.15. The number of aliphatic hydroxyl groups is 1. The summed E-state index contributed by atoms with van der Waals surface area (Å²) in [7, 11) is 0. The molecule has 0 aromatic rings. The zero-order chi connectivity index (χ0) is 8.27. The Morgan fingerprint density at radius 1 is 1.82 bits per heavy atom. The van der Waals surface area contributed by atoms with Crippen molar-refractivity contribution in [3.8, 4) is 6.07 Å². The van der Waals surface area contributed by atoms with Gasteiger partial charge in [-0.2, -0.15) is 5.26 Å². The Kier molecular flexibility index (Phi) is 2.44. The number of nitrogens with zero attached hydrogens (tertiary/aromatic N) is 2. The number of hydrogen-bond donors (Lipinski definition) is 1. The number of carbonyl (C=O) groups excluding carboxylic acids is 1. The molecule has 1 unspecified atom stereocenters. The molecule has 1 aliphatic heterocycles. The van der Waals surface area contributed by atoms with E-state index in [0.29, 0.717) is 19.5 Å². The Hall–Kier alpha value is -1.08. The molecule has 1 rings (SSSR count). The fourth-order valence-electron chi connectivity index (χ4n) is 1.15. The zero-order valence-corrected chi connectivity index (χ0v) is 6.16. The minimum Gasteiger partial charge on any atom is -0.391 e. The van der Waals surface area contributed by atoms with Crippen LogP contribution in [-0.4, -0.2) is 35.1 Å². The van der Waals surface area contributed by atoms with Gasteiger partial charge in [0, 0.05) is 13.1 Å². The van der Waals surface area contributed by atoms with Gasteiger partial charge in [0.1, 0.15) is 0 Å². The van der Waals surface area contributed by atoms with E-state index < -0.39 is 6.10 Å². The van der Waals surface area contributed by atoms with E-state index in [2.05, 4.69) is 0 Å². The third kappa shape index (κ3) is 1.92. The van der Waals surface area contributed by atoms with Crippen molar-refractivity contribution < 1.29 is 9.90 Å². The topological polar surface area (TPSA) is 64.3 Å². The molecule has 0 saturated carbocycles. The first kappa shape index (κ1) is 8.02. The lowest BCUT2D eigenvalue weighted by Gasteiger charge is -2.12. The molecule has 0 radical (unpaired) electrons. The highest BCUT2D eigenvalue weighted by Gasteiger charge is 2.26. The molecule has 1 atom stereocenters. The third-order valence-electron chi connectivity index (χ3n) is 1.69. The second-order valence-electron chi connectivity index (χ2n) is 2.61. The summed E-state index contributed by atoms with van der Waals surface area (Å²) in [6.07, 6.45) is 0.0327. The van der Waals surface area contributed by atoms with Crippen LogP contribution in [0, 0.1) is 11.3 Å². The number of rotatable bonds is 2. The van der Waals surface area contributed by atoms with Crippen LogP contribution in [-0.2, 0) is 4.79 Å². The van der Waals surface area contributed by atoms with Crippen LogP contribution in [0.15, 0.2) is 0 Å². The summed E-state index contributed by atoms with van der Waals surface area (Å²) in [5.74, 6) is -0.0484. The second kappa shape index (κ2) is 3.35. The first-order valence-electron chi connectivity index (χ1n) is 3.57. The van der Waals surface area contributed by atoms with Crippen molar-refractivity contribution in [3.63, 3.8) is 0 Å². The lowest BCUT2D eigenvalue weighted by molar-refractivity contribution is -0.127. The predicted octanol–water partition coefficient (Wildman–Crippen LogP) is -0.507. The minimum atomic E-state index is -0.527. The second-order valence-corrected chi connectivity index (χ2v) is 2.61. The highest BCUT2D eigenvalue weighted by Crippen LogP contribution is 2.10. The molecule has 0 spiro atoms. The van der Waals surface area contributed by atoms with E-state index in [1.165, 1.54) is 4.90 Å². The Bertz CT molecular complexity index is 197. The highest BCUT2D eigenvalue weighted by atomic mass is 16.3. The monoisotopic (exact) mass is 154 g/mol. The molecule has 4 nitrogen and oxygen atoms in total. The van der Waals surface area contributed by atoms with Crippen molar-refractivity contribution in [1.82, 2.24) is 4.90 Å². The normalized spacial score (nSPS) is 23.8. The summed E-state index contributed by atoms with van der Waals surface area (Å²) in [6, 6.07) is 1.95. The lowest BCUT2D eigenvalue weighted by atomic mass is 10.3. The van der Waals surface area contributed by atoms with E-state index in [0.717, 1.165) is 0 Å². The van der Waals surface area contributed by atoms with E-state index in [4.69, 9.17) is 10.4 Å². The first-order chi connectivity index (χ1) is 5.24. The number of nitriles is 1. The van der Waals surface area contributed by atoms with Crippen molar-refractivity contribution >= 4 is 5.91 Å². The van der Waals surface area contributed by atoms with Gasteiger partial charge in [0.15, 0.2) is 0 Å². The van der Waals surface area contributed by atoms with Crippen LogP contribution >= 0.6 is 0 Å². The van der Waals surface area contributed by atoms with Gasteiger partial charge < -0.3 is 10.0 Å². The van der Waals surface area contributed by atoms with Gasteiger partial charge in [-0.25, -0.2) is 0 Å². The molecule has 1 amide bonds. The van der Waals surface area contributed by atoms with Crippen molar-refractivity contribution in [3.05, 3.63) is 0 Å². The summed E-state index contributed by atoms with van der Waals surface area (Å²) in [5.41, 5.74) is 0. The molecular weight excluding hydrogens is 144 g/mol. The highest BCUT2D eigenvalue weighted by molar-refractivity contribution is 5.78. The van der Waals surface area contributed by atoms with Crippen LogP contribution in [0.5, 0.6) is 0 Å². The van der Waals surface area contributed by atoms with Crippen LogP contribution in [0.25, 0.3) is 0 Å². The summed E-state index contributed by atoms with van der Waals surface area (Å²) in [6.45, 7) is 0.840. The third-order valence-corrected chi connectivity index (χ3v) is 1.69. The maximum absolute atomic E-state index is 10.9. The lowest BCUT2D eigenvalue weighted by Crippen LogP contribution is -2.26. The van der Waals surface area contributed by atoms with E-state index in [1.54, 1.807) is 0 Å². The van der Waals surface area contributed by atoms with Crippen molar-refractivity contribution in [2.45, 2.75) is 18.9 Å². The molecule has 11 heavy (non-hydrogen) atoms. The van der Waals surface area contributed by atoms with Crippen molar-refractivity contribution in [2.24, 2.45) is 0 Å². The van der Waals surface area contributed by atoms with Gasteiger partial charge in [0.05, 0.1) is 25.0 Å². The average molecular weight is 154 g/mol. The standard InChI is InChI=1S/C7H10N2O2/c8-2-1-3-9-5-6(10)4-7(9)11/h6,10H,1,3-5H2. The van der Waals surface area contributed by atoms with E-state index in [-0.39, 0.29) is 12.3 Å². The molecule has 4 heteroatoms. The summed E-state index contributed by atoms with van der Waals surface area (Å²) in [4.78, 5) is 12.5. The Morgan fingerprint density at radius 3 is 3.00 bits per heavy atom. The molecule has 60 valence electrons. The molecule has 1 N–H and O–H groups in total. The van der Waals surface area contributed by atoms with Gasteiger partial charge in [-0.1, -0.05) is 0 Å².